The van der Waals surface area contributed by atoms with Crippen molar-refractivity contribution >= 4 is 5.69 Å². The topological polar surface area (TPSA) is 51.8 Å². The van der Waals surface area contributed by atoms with Gasteiger partial charge in [-0.15, -0.1) is 0 Å². The Balaban J connectivity index is 2.18. The smallest absolute Gasteiger partial charge is 0.129 e. The lowest BCUT2D eigenvalue weighted by atomic mass is 9.91. The third kappa shape index (κ3) is 3.56. The molecule has 0 saturated carbocycles. The maximum atomic E-state index is 5.97. The molecule has 0 unspecified atom stereocenters. The second kappa shape index (κ2) is 5.61. The Hall–Kier alpha value is -1.90. The van der Waals surface area contributed by atoms with Gasteiger partial charge >= 0.3 is 0 Å². The average Bonchev–Trinajstić information content (AvgIpc) is 2.36. The highest BCUT2D eigenvalue weighted by atomic mass is 14.9. The molecule has 2 rings (SSSR count). The Morgan fingerprint density at radius 2 is 1.75 bits per heavy atom. The normalized spacial score (nSPS) is 11.6. The van der Waals surface area contributed by atoms with E-state index >= 15 is 0 Å². The van der Waals surface area contributed by atoms with E-state index in [2.05, 4.69) is 37.9 Å². The molecule has 3 nitrogen and oxygen atoms in total. The lowest BCUT2D eigenvalue weighted by molar-refractivity contribution is 0.560. The van der Waals surface area contributed by atoms with E-state index in [1.807, 2.05) is 25.1 Å². The Labute approximate surface area is 121 Å². The molecular weight excluding hydrogens is 246 g/mol. The molecule has 106 valence electrons. The number of hydrogen-bond acceptors (Lipinski definition) is 3. The van der Waals surface area contributed by atoms with Crippen LogP contribution in [0, 0.1) is 6.92 Å². The molecule has 2 aromatic rings. The largest absolute Gasteiger partial charge is 0.399 e. The van der Waals surface area contributed by atoms with E-state index in [-0.39, 0.29) is 5.41 Å². The summed E-state index contributed by atoms with van der Waals surface area (Å²) in [5.41, 5.74) is 10.2. The molecule has 0 radical (unpaired) electrons. The van der Waals surface area contributed by atoms with Crippen molar-refractivity contribution in [2.24, 2.45) is 0 Å². The van der Waals surface area contributed by atoms with Gasteiger partial charge in [0.2, 0.25) is 0 Å². The molecule has 1 heterocycles. The molecule has 1 aromatic heterocycles. The van der Waals surface area contributed by atoms with E-state index in [4.69, 9.17) is 10.7 Å². The molecule has 0 amide bonds. The summed E-state index contributed by atoms with van der Waals surface area (Å²) in [7, 11) is 0. The van der Waals surface area contributed by atoms with Crippen LogP contribution >= 0.6 is 0 Å². The van der Waals surface area contributed by atoms with E-state index in [1.54, 1.807) is 0 Å². The number of para-hydroxylation sites is 1. The summed E-state index contributed by atoms with van der Waals surface area (Å²) >= 11 is 0. The van der Waals surface area contributed by atoms with Crippen LogP contribution in [-0.4, -0.2) is 9.97 Å². The van der Waals surface area contributed by atoms with Crippen LogP contribution in [0.15, 0.2) is 30.3 Å². The van der Waals surface area contributed by atoms with Gasteiger partial charge in [0.15, 0.2) is 0 Å². The van der Waals surface area contributed by atoms with Gasteiger partial charge in [0, 0.05) is 28.9 Å². The van der Waals surface area contributed by atoms with Crippen LogP contribution in [0.1, 0.15) is 43.5 Å². The van der Waals surface area contributed by atoms with Gasteiger partial charge in [-0.1, -0.05) is 39.0 Å². The van der Waals surface area contributed by atoms with Crippen molar-refractivity contribution in [1.82, 2.24) is 9.97 Å². The minimum absolute atomic E-state index is 0.0498. The highest BCUT2D eigenvalue weighted by molar-refractivity contribution is 5.46. The van der Waals surface area contributed by atoms with Crippen molar-refractivity contribution in [3.63, 3.8) is 0 Å². The van der Waals surface area contributed by atoms with Crippen molar-refractivity contribution < 1.29 is 0 Å². The minimum atomic E-state index is 0.0498. The number of nitrogens with two attached hydrogens (primary N) is 1. The molecule has 1 aromatic carbocycles. The van der Waals surface area contributed by atoms with Crippen LogP contribution in [-0.2, 0) is 18.3 Å². The molecule has 0 atom stereocenters. The van der Waals surface area contributed by atoms with Crippen molar-refractivity contribution in [2.45, 2.75) is 46.0 Å². The molecule has 0 aliphatic carbocycles. The van der Waals surface area contributed by atoms with E-state index in [0.717, 1.165) is 41.3 Å². The fourth-order valence-electron chi connectivity index (χ4n) is 2.13. The summed E-state index contributed by atoms with van der Waals surface area (Å²) < 4.78 is 0. The summed E-state index contributed by atoms with van der Waals surface area (Å²) in [6, 6.07) is 10.0. The van der Waals surface area contributed by atoms with Crippen LogP contribution in [0.25, 0.3) is 0 Å². The first kappa shape index (κ1) is 14.5. The summed E-state index contributed by atoms with van der Waals surface area (Å²) in [5.74, 6) is 0.901. The van der Waals surface area contributed by atoms with Gasteiger partial charge < -0.3 is 5.73 Å². The second-order valence-electron chi connectivity index (χ2n) is 6.26. The maximum absolute atomic E-state index is 5.97. The van der Waals surface area contributed by atoms with Gasteiger partial charge in [0.25, 0.3) is 0 Å². The summed E-state index contributed by atoms with van der Waals surface area (Å²) in [4.78, 5) is 9.24. The molecule has 0 spiro atoms. The van der Waals surface area contributed by atoms with Gasteiger partial charge in [0.1, 0.15) is 5.82 Å². The van der Waals surface area contributed by atoms with Crippen molar-refractivity contribution in [1.29, 1.82) is 0 Å². The fraction of sp³-hybridized carbons (Fsp3) is 0.412. The number of nitrogen functional groups attached to an aromatic ring is 1. The van der Waals surface area contributed by atoms with Gasteiger partial charge in [-0.3, -0.25) is 0 Å². The molecule has 2 N–H and O–H groups in total. The van der Waals surface area contributed by atoms with Crippen LogP contribution < -0.4 is 5.73 Å². The zero-order valence-corrected chi connectivity index (χ0v) is 12.8. The number of aryl methyl sites for hydroxylation is 3. The molecule has 0 aliphatic heterocycles. The third-order valence-electron chi connectivity index (χ3n) is 3.34. The Bertz CT molecular complexity index is 597. The molecule has 0 saturated heterocycles. The van der Waals surface area contributed by atoms with Gasteiger partial charge in [0.05, 0.1) is 0 Å². The Morgan fingerprint density at radius 1 is 1.05 bits per heavy atom. The number of anilines is 1. The number of benzene rings is 1. The SMILES string of the molecule is Cc1cc(C(C)(C)C)nc(CCc2ccccc2N)n1. The zero-order chi connectivity index (χ0) is 14.8. The predicted molar refractivity (Wildman–Crippen MR) is 83.7 cm³/mol. The van der Waals surface area contributed by atoms with Gasteiger partial charge in [-0.05, 0) is 31.0 Å². The first-order chi connectivity index (χ1) is 9.36. The number of rotatable bonds is 3. The summed E-state index contributed by atoms with van der Waals surface area (Å²) in [6.07, 6.45) is 1.69. The molecule has 0 aliphatic rings. The molecule has 0 fully saturated rings. The standard InChI is InChI=1S/C17H23N3/c1-12-11-15(17(2,3)4)20-16(19-12)10-9-13-7-5-6-8-14(13)18/h5-8,11H,9-10,18H2,1-4H3. The molecule has 3 heteroatoms. The van der Waals surface area contributed by atoms with E-state index in [9.17, 15) is 0 Å². The lowest BCUT2D eigenvalue weighted by Gasteiger charge is -2.19. The number of hydrogen-bond donors (Lipinski definition) is 1. The second-order valence-corrected chi connectivity index (χ2v) is 6.26. The monoisotopic (exact) mass is 269 g/mol. The van der Waals surface area contributed by atoms with Crippen LogP contribution in [0.2, 0.25) is 0 Å². The zero-order valence-electron chi connectivity index (χ0n) is 12.8. The van der Waals surface area contributed by atoms with Crippen LogP contribution in [0.5, 0.6) is 0 Å². The third-order valence-corrected chi connectivity index (χ3v) is 3.34. The van der Waals surface area contributed by atoms with Gasteiger partial charge in [-0.2, -0.15) is 0 Å². The molecule has 0 bridgehead atoms. The highest BCUT2D eigenvalue weighted by Gasteiger charge is 2.17. The van der Waals surface area contributed by atoms with E-state index in [0.29, 0.717) is 0 Å². The number of aromatic nitrogens is 2. The summed E-state index contributed by atoms with van der Waals surface area (Å²) in [6.45, 7) is 8.55. The average molecular weight is 269 g/mol. The van der Waals surface area contributed by atoms with Crippen molar-refractivity contribution in [2.75, 3.05) is 5.73 Å². The van der Waals surface area contributed by atoms with Crippen molar-refractivity contribution in [3.8, 4) is 0 Å². The summed E-state index contributed by atoms with van der Waals surface area (Å²) in [5, 5.41) is 0. The fourth-order valence-corrected chi connectivity index (χ4v) is 2.13. The van der Waals surface area contributed by atoms with Crippen LogP contribution in [0.3, 0.4) is 0 Å². The Morgan fingerprint density at radius 3 is 2.40 bits per heavy atom. The van der Waals surface area contributed by atoms with Crippen LogP contribution in [0.4, 0.5) is 5.69 Å². The van der Waals surface area contributed by atoms with E-state index < -0.39 is 0 Å². The number of nitrogens with zero attached hydrogens (tertiary/aromatic N) is 2. The quantitative estimate of drug-likeness (QED) is 0.868. The minimum Gasteiger partial charge on any atom is -0.399 e. The van der Waals surface area contributed by atoms with E-state index in [1.165, 1.54) is 0 Å². The predicted octanol–water partition coefficient (Wildman–Crippen LogP) is 3.45. The van der Waals surface area contributed by atoms with Crippen molar-refractivity contribution in [3.05, 3.63) is 53.1 Å². The Kier molecular flexibility index (Phi) is 4.07. The van der Waals surface area contributed by atoms with Gasteiger partial charge in [-0.25, -0.2) is 9.97 Å². The first-order valence-electron chi connectivity index (χ1n) is 7.04. The lowest BCUT2D eigenvalue weighted by Crippen LogP contribution is -2.16. The maximum Gasteiger partial charge on any atom is 0.129 e. The first-order valence-corrected chi connectivity index (χ1v) is 7.04. The molecule has 20 heavy (non-hydrogen) atoms. The molecular formula is C17H23N3. The highest BCUT2D eigenvalue weighted by Crippen LogP contribution is 2.21.